The van der Waals surface area contributed by atoms with E-state index in [4.69, 9.17) is 4.74 Å². The van der Waals surface area contributed by atoms with Gasteiger partial charge in [0, 0.05) is 18.6 Å². The topological polar surface area (TPSA) is 38.3 Å². The second-order valence-electron chi connectivity index (χ2n) is 5.77. The van der Waals surface area contributed by atoms with Gasteiger partial charge < -0.3 is 10.1 Å². The summed E-state index contributed by atoms with van der Waals surface area (Å²) >= 11 is 0. The van der Waals surface area contributed by atoms with Crippen LogP contribution in [0.3, 0.4) is 0 Å². The average Bonchev–Trinajstić information content (AvgIpc) is 2.76. The van der Waals surface area contributed by atoms with Crippen molar-refractivity contribution in [3.63, 3.8) is 0 Å². The molecule has 16 heavy (non-hydrogen) atoms. The predicted octanol–water partition coefficient (Wildman–Crippen LogP) is 2.25. The monoisotopic (exact) mass is 225 g/mol. The van der Waals surface area contributed by atoms with Crippen molar-refractivity contribution in [2.75, 3.05) is 6.61 Å². The number of hydrogen-bond donors (Lipinski definition) is 1. The van der Waals surface area contributed by atoms with Crippen LogP contribution in [0.25, 0.3) is 0 Å². The fourth-order valence-corrected chi connectivity index (χ4v) is 3.19. The zero-order valence-corrected chi connectivity index (χ0v) is 10.4. The molecular formula is C13H23NO2. The third kappa shape index (κ3) is 2.76. The number of nitrogens with one attached hydrogen (secondary N) is 1. The maximum absolute atomic E-state index is 11.5. The number of rotatable bonds is 4. The van der Waals surface area contributed by atoms with Gasteiger partial charge in [0.1, 0.15) is 0 Å². The molecule has 0 bridgehead atoms. The lowest BCUT2D eigenvalue weighted by molar-refractivity contribution is -0.120. The van der Waals surface area contributed by atoms with Crippen LogP contribution in [-0.2, 0) is 9.53 Å². The van der Waals surface area contributed by atoms with Crippen LogP contribution in [0.4, 0.5) is 0 Å². The van der Waals surface area contributed by atoms with E-state index >= 15 is 0 Å². The van der Waals surface area contributed by atoms with Crippen LogP contribution >= 0.6 is 0 Å². The summed E-state index contributed by atoms with van der Waals surface area (Å²) in [5.41, 5.74) is 0.0280. The minimum Gasteiger partial charge on any atom is -0.378 e. The van der Waals surface area contributed by atoms with E-state index in [0.717, 1.165) is 32.3 Å². The van der Waals surface area contributed by atoms with Crippen molar-refractivity contribution in [1.82, 2.24) is 5.32 Å². The van der Waals surface area contributed by atoms with Crippen molar-refractivity contribution in [2.24, 2.45) is 5.92 Å². The molecule has 2 atom stereocenters. The van der Waals surface area contributed by atoms with Crippen LogP contribution in [0.5, 0.6) is 0 Å². The highest BCUT2D eigenvalue weighted by Gasteiger charge is 2.40. The minimum atomic E-state index is 0.0280. The van der Waals surface area contributed by atoms with Gasteiger partial charge >= 0.3 is 0 Å². The summed E-state index contributed by atoms with van der Waals surface area (Å²) < 4.78 is 5.71. The van der Waals surface area contributed by atoms with Gasteiger partial charge in [-0.2, -0.15) is 0 Å². The molecule has 1 amide bonds. The second-order valence-corrected chi connectivity index (χ2v) is 5.77. The maximum Gasteiger partial charge on any atom is 0.220 e. The summed E-state index contributed by atoms with van der Waals surface area (Å²) in [5, 5.41) is 3.21. The Morgan fingerprint density at radius 3 is 2.88 bits per heavy atom. The first-order chi connectivity index (χ1) is 7.60. The molecule has 2 heterocycles. The molecule has 2 fully saturated rings. The molecule has 0 spiro atoms. The molecule has 2 unspecified atom stereocenters. The molecule has 3 heteroatoms. The van der Waals surface area contributed by atoms with Crippen LogP contribution in [0.2, 0.25) is 0 Å². The Morgan fingerprint density at radius 1 is 1.56 bits per heavy atom. The van der Waals surface area contributed by atoms with Crippen molar-refractivity contribution >= 4 is 5.91 Å². The molecule has 0 saturated carbocycles. The lowest BCUT2D eigenvalue weighted by Gasteiger charge is -2.33. The molecular weight excluding hydrogens is 202 g/mol. The average molecular weight is 225 g/mol. The minimum absolute atomic E-state index is 0.0280. The second kappa shape index (κ2) is 4.74. The van der Waals surface area contributed by atoms with E-state index in [1.807, 2.05) is 0 Å². The molecule has 0 aliphatic carbocycles. The molecule has 2 aliphatic heterocycles. The van der Waals surface area contributed by atoms with Gasteiger partial charge in [-0.25, -0.2) is 0 Å². The van der Waals surface area contributed by atoms with Crippen LogP contribution in [0, 0.1) is 5.92 Å². The van der Waals surface area contributed by atoms with E-state index in [-0.39, 0.29) is 11.4 Å². The largest absolute Gasteiger partial charge is 0.378 e. The summed E-state index contributed by atoms with van der Waals surface area (Å²) in [6, 6.07) is 0. The molecule has 3 nitrogen and oxygen atoms in total. The SMILES string of the molecule is CC(C)CC1(CC2CCCO2)CCC(=O)N1. The molecule has 0 radical (unpaired) electrons. The number of carbonyl (C=O) groups excluding carboxylic acids is 1. The lowest BCUT2D eigenvalue weighted by atomic mass is 9.82. The van der Waals surface area contributed by atoms with Gasteiger partial charge in [-0.1, -0.05) is 13.8 Å². The third-order valence-corrected chi connectivity index (χ3v) is 3.68. The Bertz CT molecular complexity index is 259. The summed E-state index contributed by atoms with van der Waals surface area (Å²) in [7, 11) is 0. The summed E-state index contributed by atoms with van der Waals surface area (Å²) in [6.07, 6.45) is 6.49. The van der Waals surface area contributed by atoms with Crippen LogP contribution < -0.4 is 5.32 Å². The van der Waals surface area contributed by atoms with E-state index in [1.165, 1.54) is 6.42 Å². The molecule has 0 aromatic carbocycles. The Hall–Kier alpha value is -0.570. The van der Waals surface area contributed by atoms with Gasteiger partial charge in [0.15, 0.2) is 0 Å². The molecule has 2 rings (SSSR count). The Labute approximate surface area is 97.9 Å². The number of amides is 1. The maximum atomic E-state index is 11.5. The van der Waals surface area contributed by atoms with Gasteiger partial charge in [-0.05, 0) is 38.0 Å². The lowest BCUT2D eigenvalue weighted by Crippen LogP contribution is -2.45. The van der Waals surface area contributed by atoms with Crippen LogP contribution in [0.15, 0.2) is 0 Å². The fraction of sp³-hybridized carbons (Fsp3) is 0.923. The molecule has 0 aromatic rings. The predicted molar refractivity (Wildman–Crippen MR) is 63.2 cm³/mol. The zero-order valence-electron chi connectivity index (χ0n) is 10.4. The standard InChI is InChI=1S/C13H23NO2/c1-10(2)8-13(6-5-12(15)14-13)9-11-4-3-7-16-11/h10-11H,3-9H2,1-2H3,(H,14,15). The number of carbonyl (C=O) groups is 1. The van der Waals surface area contributed by atoms with Gasteiger partial charge in [0.25, 0.3) is 0 Å². The Balaban J connectivity index is 1.99. The van der Waals surface area contributed by atoms with Crippen molar-refractivity contribution < 1.29 is 9.53 Å². The van der Waals surface area contributed by atoms with Gasteiger partial charge in [-0.15, -0.1) is 0 Å². The van der Waals surface area contributed by atoms with Crippen LogP contribution in [0.1, 0.15) is 52.4 Å². The van der Waals surface area contributed by atoms with E-state index in [9.17, 15) is 4.79 Å². The summed E-state index contributed by atoms with van der Waals surface area (Å²) in [6.45, 7) is 5.35. The molecule has 2 saturated heterocycles. The van der Waals surface area contributed by atoms with Gasteiger partial charge in [0.05, 0.1) is 6.10 Å². The van der Waals surface area contributed by atoms with Crippen molar-refractivity contribution in [2.45, 2.75) is 64.0 Å². The van der Waals surface area contributed by atoms with Crippen molar-refractivity contribution in [3.8, 4) is 0 Å². The highest BCUT2D eigenvalue weighted by atomic mass is 16.5. The fourth-order valence-electron chi connectivity index (χ4n) is 3.19. The Kier molecular flexibility index (Phi) is 3.53. The first kappa shape index (κ1) is 11.9. The highest BCUT2D eigenvalue weighted by Crippen LogP contribution is 2.34. The normalized spacial score (nSPS) is 34.7. The Morgan fingerprint density at radius 2 is 2.38 bits per heavy atom. The van der Waals surface area contributed by atoms with E-state index in [2.05, 4.69) is 19.2 Å². The highest BCUT2D eigenvalue weighted by molar-refractivity contribution is 5.79. The molecule has 2 aliphatic rings. The van der Waals surface area contributed by atoms with E-state index in [1.54, 1.807) is 0 Å². The molecule has 0 aromatic heterocycles. The van der Waals surface area contributed by atoms with E-state index in [0.29, 0.717) is 18.4 Å². The van der Waals surface area contributed by atoms with Crippen molar-refractivity contribution in [3.05, 3.63) is 0 Å². The quantitative estimate of drug-likeness (QED) is 0.797. The van der Waals surface area contributed by atoms with Crippen molar-refractivity contribution in [1.29, 1.82) is 0 Å². The third-order valence-electron chi connectivity index (χ3n) is 3.68. The zero-order chi connectivity index (χ0) is 11.6. The number of ether oxygens (including phenoxy) is 1. The first-order valence-corrected chi connectivity index (χ1v) is 6.52. The van der Waals surface area contributed by atoms with Gasteiger partial charge in [-0.3, -0.25) is 4.79 Å². The van der Waals surface area contributed by atoms with Gasteiger partial charge in [0.2, 0.25) is 5.91 Å². The smallest absolute Gasteiger partial charge is 0.220 e. The van der Waals surface area contributed by atoms with Crippen LogP contribution in [-0.4, -0.2) is 24.2 Å². The molecule has 1 N–H and O–H groups in total. The summed E-state index contributed by atoms with van der Waals surface area (Å²) in [5.74, 6) is 0.846. The summed E-state index contributed by atoms with van der Waals surface area (Å²) in [4.78, 5) is 11.5. The first-order valence-electron chi connectivity index (χ1n) is 6.52. The molecule has 92 valence electrons. The number of hydrogen-bond acceptors (Lipinski definition) is 2. The van der Waals surface area contributed by atoms with E-state index < -0.39 is 0 Å².